The molecule has 1 heterocycles. The molecule has 2 aromatic carbocycles. The van der Waals surface area contributed by atoms with Gasteiger partial charge in [-0.15, -0.1) is 0 Å². The molecule has 0 radical (unpaired) electrons. The number of carbonyl (C=O) groups is 2. The zero-order chi connectivity index (χ0) is 20.1. The predicted molar refractivity (Wildman–Crippen MR) is 113 cm³/mol. The molecule has 1 N–H and O–H groups in total. The van der Waals surface area contributed by atoms with Crippen molar-refractivity contribution in [1.29, 1.82) is 0 Å². The maximum absolute atomic E-state index is 12.9. The molecule has 0 atom stereocenters. The summed E-state index contributed by atoms with van der Waals surface area (Å²) in [6.45, 7) is 7.35. The lowest BCUT2D eigenvalue weighted by Gasteiger charge is -2.32. The minimum Gasteiger partial charge on any atom is -0.336 e. The molecular formula is C23H29N3O2. The van der Waals surface area contributed by atoms with Crippen LogP contribution in [0.25, 0.3) is 0 Å². The molecule has 2 amide bonds. The second kappa shape index (κ2) is 9.02. The van der Waals surface area contributed by atoms with Crippen LogP contribution in [-0.2, 0) is 12.8 Å². The summed E-state index contributed by atoms with van der Waals surface area (Å²) >= 11 is 0. The quantitative estimate of drug-likeness (QED) is 0.866. The number of benzene rings is 2. The number of amides is 2. The number of hydrogen-bond acceptors (Lipinski definition) is 3. The Hall–Kier alpha value is -2.66. The number of nitrogens with one attached hydrogen (secondary N) is 1. The highest BCUT2D eigenvalue weighted by Gasteiger charge is 2.21. The van der Waals surface area contributed by atoms with Crippen molar-refractivity contribution in [3.63, 3.8) is 0 Å². The van der Waals surface area contributed by atoms with Crippen molar-refractivity contribution < 1.29 is 9.59 Å². The zero-order valence-corrected chi connectivity index (χ0v) is 17.0. The lowest BCUT2D eigenvalue weighted by Crippen LogP contribution is -2.47. The fraction of sp³-hybridized carbons (Fsp3) is 0.391. The number of anilines is 1. The van der Waals surface area contributed by atoms with Gasteiger partial charge in [-0.25, -0.2) is 0 Å². The standard InChI is InChI=1S/C23H29N3O2/c1-4-17-8-6-9-18(5-2)21(17)24-22(27)19-10-7-11-20(16-19)23(28)26-14-12-25(3)13-15-26/h6-11,16H,4-5,12-15H2,1-3H3,(H,24,27). The third-order valence-corrected chi connectivity index (χ3v) is 5.40. The summed E-state index contributed by atoms with van der Waals surface area (Å²) in [5.41, 5.74) is 4.22. The van der Waals surface area contributed by atoms with Crippen LogP contribution in [0.3, 0.4) is 0 Å². The van der Waals surface area contributed by atoms with E-state index in [2.05, 4.69) is 31.1 Å². The summed E-state index contributed by atoms with van der Waals surface area (Å²) in [5, 5.41) is 3.08. The van der Waals surface area contributed by atoms with Gasteiger partial charge >= 0.3 is 0 Å². The highest BCUT2D eigenvalue weighted by Crippen LogP contribution is 2.23. The SMILES string of the molecule is CCc1cccc(CC)c1NC(=O)c1cccc(C(=O)N2CCN(C)CC2)c1. The molecule has 0 spiro atoms. The largest absolute Gasteiger partial charge is 0.336 e. The third-order valence-electron chi connectivity index (χ3n) is 5.40. The van der Waals surface area contributed by atoms with Gasteiger partial charge in [-0.05, 0) is 49.2 Å². The van der Waals surface area contributed by atoms with Crippen LogP contribution in [0.5, 0.6) is 0 Å². The fourth-order valence-electron chi connectivity index (χ4n) is 3.57. The van der Waals surface area contributed by atoms with Crippen LogP contribution in [0.1, 0.15) is 45.7 Å². The van der Waals surface area contributed by atoms with E-state index in [1.54, 1.807) is 24.3 Å². The fourth-order valence-corrected chi connectivity index (χ4v) is 3.57. The molecule has 28 heavy (non-hydrogen) atoms. The van der Waals surface area contributed by atoms with Crippen molar-refractivity contribution in [3.8, 4) is 0 Å². The first-order valence-corrected chi connectivity index (χ1v) is 10.0. The van der Waals surface area contributed by atoms with Crippen LogP contribution in [0.2, 0.25) is 0 Å². The second-order valence-electron chi connectivity index (χ2n) is 7.29. The normalized spacial score (nSPS) is 14.8. The Morgan fingerprint density at radius 2 is 1.46 bits per heavy atom. The Morgan fingerprint density at radius 1 is 0.893 bits per heavy atom. The van der Waals surface area contributed by atoms with Crippen LogP contribution < -0.4 is 5.32 Å². The zero-order valence-electron chi connectivity index (χ0n) is 17.0. The molecule has 1 saturated heterocycles. The molecule has 0 aliphatic carbocycles. The van der Waals surface area contributed by atoms with Crippen molar-refractivity contribution in [3.05, 3.63) is 64.7 Å². The van der Waals surface area contributed by atoms with Crippen LogP contribution in [-0.4, -0.2) is 54.8 Å². The number of aryl methyl sites for hydroxylation is 2. The van der Waals surface area contributed by atoms with Gasteiger partial charge in [0.15, 0.2) is 0 Å². The van der Waals surface area contributed by atoms with E-state index < -0.39 is 0 Å². The molecule has 3 rings (SSSR count). The minimum absolute atomic E-state index is 0.00837. The highest BCUT2D eigenvalue weighted by molar-refractivity contribution is 6.06. The summed E-state index contributed by atoms with van der Waals surface area (Å²) in [6.07, 6.45) is 1.71. The van der Waals surface area contributed by atoms with Crippen molar-refractivity contribution in [2.45, 2.75) is 26.7 Å². The molecule has 0 aromatic heterocycles. The number of carbonyl (C=O) groups excluding carboxylic acids is 2. The molecule has 0 saturated carbocycles. The third kappa shape index (κ3) is 4.42. The summed E-state index contributed by atoms with van der Waals surface area (Å²) in [7, 11) is 2.06. The first-order chi connectivity index (χ1) is 13.5. The number of hydrogen-bond donors (Lipinski definition) is 1. The van der Waals surface area contributed by atoms with E-state index in [4.69, 9.17) is 0 Å². The van der Waals surface area contributed by atoms with Gasteiger partial charge in [0, 0.05) is 43.0 Å². The number of piperazine rings is 1. The van der Waals surface area contributed by atoms with E-state index in [0.717, 1.165) is 55.8 Å². The number of para-hydroxylation sites is 1. The van der Waals surface area contributed by atoms with Crippen LogP contribution in [0, 0.1) is 0 Å². The molecule has 2 aromatic rings. The number of likely N-dealkylation sites (N-methyl/N-ethyl adjacent to an activating group) is 1. The van der Waals surface area contributed by atoms with Crippen LogP contribution in [0.4, 0.5) is 5.69 Å². The molecule has 5 nitrogen and oxygen atoms in total. The molecule has 0 unspecified atom stereocenters. The van der Waals surface area contributed by atoms with Gasteiger partial charge in [-0.1, -0.05) is 38.1 Å². The van der Waals surface area contributed by atoms with Crippen LogP contribution in [0.15, 0.2) is 42.5 Å². The summed E-state index contributed by atoms with van der Waals surface area (Å²) < 4.78 is 0. The Bertz CT molecular complexity index is 832. The molecule has 1 aliphatic rings. The van der Waals surface area contributed by atoms with Crippen molar-refractivity contribution in [2.24, 2.45) is 0 Å². The molecule has 0 bridgehead atoms. The first-order valence-electron chi connectivity index (χ1n) is 10.0. The maximum Gasteiger partial charge on any atom is 0.255 e. The first kappa shape index (κ1) is 20.1. The average molecular weight is 380 g/mol. The summed E-state index contributed by atoms with van der Waals surface area (Å²) in [4.78, 5) is 29.8. The second-order valence-corrected chi connectivity index (χ2v) is 7.29. The van der Waals surface area contributed by atoms with E-state index in [-0.39, 0.29) is 11.8 Å². The Labute approximate surface area is 167 Å². The minimum atomic E-state index is -0.177. The van der Waals surface area contributed by atoms with Gasteiger partial charge in [-0.2, -0.15) is 0 Å². The van der Waals surface area contributed by atoms with Gasteiger partial charge in [-0.3, -0.25) is 9.59 Å². The van der Waals surface area contributed by atoms with Crippen molar-refractivity contribution >= 4 is 17.5 Å². The summed E-state index contributed by atoms with van der Waals surface area (Å²) in [6, 6.07) is 13.2. The predicted octanol–water partition coefficient (Wildman–Crippen LogP) is 3.45. The topological polar surface area (TPSA) is 52.7 Å². The molecular weight excluding hydrogens is 350 g/mol. The summed E-state index contributed by atoms with van der Waals surface area (Å²) in [5.74, 6) is -0.186. The van der Waals surface area contributed by atoms with E-state index in [1.165, 1.54) is 0 Å². The lowest BCUT2D eigenvalue weighted by atomic mass is 10.0. The van der Waals surface area contributed by atoms with E-state index in [0.29, 0.717) is 11.1 Å². The van der Waals surface area contributed by atoms with Gasteiger partial charge < -0.3 is 15.1 Å². The molecule has 1 fully saturated rings. The Kier molecular flexibility index (Phi) is 6.47. The Morgan fingerprint density at radius 3 is 2.07 bits per heavy atom. The number of rotatable bonds is 5. The van der Waals surface area contributed by atoms with Crippen molar-refractivity contribution in [2.75, 3.05) is 38.5 Å². The smallest absolute Gasteiger partial charge is 0.255 e. The highest BCUT2D eigenvalue weighted by atomic mass is 16.2. The monoisotopic (exact) mass is 379 g/mol. The lowest BCUT2D eigenvalue weighted by molar-refractivity contribution is 0.0664. The van der Waals surface area contributed by atoms with Gasteiger partial charge in [0.1, 0.15) is 0 Å². The Balaban J connectivity index is 1.79. The average Bonchev–Trinajstić information content (AvgIpc) is 2.74. The van der Waals surface area contributed by atoms with Crippen LogP contribution >= 0.6 is 0 Å². The van der Waals surface area contributed by atoms with E-state index in [9.17, 15) is 9.59 Å². The van der Waals surface area contributed by atoms with Gasteiger partial charge in [0.2, 0.25) is 0 Å². The maximum atomic E-state index is 12.9. The molecule has 1 aliphatic heterocycles. The van der Waals surface area contributed by atoms with E-state index in [1.807, 2.05) is 23.1 Å². The molecule has 148 valence electrons. The van der Waals surface area contributed by atoms with E-state index >= 15 is 0 Å². The van der Waals surface area contributed by atoms with Gasteiger partial charge in [0.05, 0.1) is 0 Å². The molecule has 5 heteroatoms. The van der Waals surface area contributed by atoms with Crippen molar-refractivity contribution in [1.82, 2.24) is 9.80 Å². The number of nitrogens with zero attached hydrogens (tertiary/aromatic N) is 2. The van der Waals surface area contributed by atoms with Gasteiger partial charge in [0.25, 0.3) is 11.8 Å².